The number of ether oxygens (including phenoxy) is 3. The molecule has 0 spiro atoms. The zero-order valence-corrected chi connectivity index (χ0v) is 24.2. The maximum absolute atomic E-state index is 12.4. The number of cyclic esters (lactones) is 1. The highest BCUT2D eigenvalue weighted by Crippen LogP contribution is 2.51. The Balaban J connectivity index is 1.35. The number of allylic oxidation sites excluding steroid dienone is 2. The van der Waals surface area contributed by atoms with Crippen LogP contribution in [0.15, 0.2) is 77.2 Å². The smallest absolute Gasteiger partial charge is 0.343 e. The van der Waals surface area contributed by atoms with E-state index in [0.717, 1.165) is 50.8 Å². The number of rotatable bonds is 5. The van der Waals surface area contributed by atoms with E-state index in [2.05, 4.69) is 67.3 Å². The number of nitrogens with zero attached hydrogens (tertiary/aromatic N) is 1. The van der Waals surface area contributed by atoms with Crippen molar-refractivity contribution in [2.45, 2.75) is 77.5 Å². The van der Waals surface area contributed by atoms with Crippen LogP contribution in [0.3, 0.4) is 0 Å². The maximum Gasteiger partial charge on any atom is 0.343 e. The first-order chi connectivity index (χ1) is 19.4. The molecular weight excluding hydrogens is 502 g/mol. The van der Waals surface area contributed by atoms with Crippen LogP contribution >= 0.6 is 0 Å². The van der Waals surface area contributed by atoms with Crippen molar-refractivity contribution in [3.63, 3.8) is 0 Å². The van der Waals surface area contributed by atoms with Crippen molar-refractivity contribution < 1.29 is 24.1 Å². The number of hydrogen-bond donors (Lipinski definition) is 1. The lowest BCUT2D eigenvalue weighted by atomic mass is 9.72. The highest BCUT2D eigenvalue weighted by molar-refractivity contribution is 5.93. The first-order valence-electron chi connectivity index (χ1n) is 15.1. The molecule has 8 atom stereocenters. The van der Waals surface area contributed by atoms with Gasteiger partial charge in [-0.2, -0.15) is 0 Å². The molecule has 2 fully saturated rings. The van der Waals surface area contributed by atoms with Crippen molar-refractivity contribution in [3.05, 3.63) is 82.7 Å². The molecule has 1 aromatic carbocycles. The molecule has 0 bridgehead atoms. The Labute approximate surface area is 238 Å². The van der Waals surface area contributed by atoms with Crippen LogP contribution in [0.4, 0.5) is 0 Å². The summed E-state index contributed by atoms with van der Waals surface area (Å²) in [7, 11) is 1.57. The summed E-state index contributed by atoms with van der Waals surface area (Å²) in [5.74, 6) is 3.55. The number of aliphatic hydroxyl groups is 1. The fourth-order valence-electron chi connectivity index (χ4n) is 7.99. The van der Waals surface area contributed by atoms with E-state index in [0.29, 0.717) is 34.7 Å². The number of aliphatic hydroxyl groups excluding tert-OH is 1. The molecule has 214 valence electrons. The van der Waals surface area contributed by atoms with Gasteiger partial charge < -0.3 is 19.3 Å². The van der Waals surface area contributed by atoms with Crippen molar-refractivity contribution >= 4 is 5.97 Å². The van der Waals surface area contributed by atoms with Gasteiger partial charge in [0.25, 0.3) is 0 Å². The van der Waals surface area contributed by atoms with Gasteiger partial charge in [0.2, 0.25) is 5.76 Å². The van der Waals surface area contributed by atoms with Crippen LogP contribution in [-0.2, 0) is 25.4 Å². The molecule has 8 unspecified atom stereocenters. The molecule has 0 saturated carbocycles. The third-order valence-electron chi connectivity index (χ3n) is 9.93. The van der Waals surface area contributed by atoms with Gasteiger partial charge in [0.1, 0.15) is 5.76 Å². The highest BCUT2D eigenvalue weighted by atomic mass is 16.6. The minimum atomic E-state index is -0.404. The minimum absolute atomic E-state index is 0.0126. The van der Waals surface area contributed by atoms with Gasteiger partial charge >= 0.3 is 5.97 Å². The van der Waals surface area contributed by atoms with Crippen LogP contribution in [0.5, 0.6) is 0 Å². The summed E-state index contributed by atoms with van der Waals surface area (Å²) < 4.78 is 17.8. The van der Waals surface area contributed by atoms with Gasteiger partial charge in [-0.05, 0) is 68.9 Å². The topological polar surface area (TPSA) is 68.2 Å². The van der Waals surface area contributed by atoms with Gasteiger partial charge in [-0.1, -0.05) is 56.3 Å². The summed E-state index contributed by atoms with van der Waals surface area (Å²) in [6.45, 7) is 7.12. The van der Waals surface area contributed by atoms with E-state index in [9.17, 15) is 9.90 Å². The quantitative estimate of drug-likeness (QED) is 0.367. The Morgan fingerprint density at radius 1 is 1.12 bits per heavy atom. The second-order valence-electron chi connectivity index (χ2n) is 12.6. The number of fused-ring (bicyclic) bond motifs is 3. The van der Waals surface area contributed by atoms with E-state index < -0.39 is 6.10 Å². The van der Waals surface area contributed by atoms with Crippen LogP contribution in [0.1, 0.15) is 58.4 Å². The molecule has 2 saturated heterocycles. The number of benzene rings is 1. The van der Waals surface area contributed by atoms with Crippen LogP contribution < -0.4 is 0 Å². The van der Waals surface area contributed by atoms with E-state index in [-0.39, 0.29) is 35.8 Å². The Bertz CT molecular complexity index is 1250. The zero-order chi connectivity index (χ0) is 28.0. The molecule has 6 heteroatoms. The summed E-state index contributed by atoms with van der Waals surface area (Å²) in [4.78, 5) is 15.0. The average molecular weight is 546 g/mol. The van der Waals surface area contributed by atoms with Gasteiger partial charge in [0.15, 0.2) is 11.5 Å². The molecule has 4 aliphatic heterocycles. The molecule has 1 N–H and O–H groups in total. The van der Waals surface area contributed by atoms with Gasteiger partial charge in [0, 0.05) is 36.4 Å². The third kappa shape index (κ3) is 4.94. The third-order valence-corrected chi connectivity index (χ3v) is 9.93. The number of methoxy groups -OCH3 is 1. The second kappa shape index (κ2) is 11.2. The van der Waals surface area contributed by atoms with Crippen LogP contribution in [-0.4, -0.2) is 47.8 Å². The Hall–Kier alpha value is -2.83. The molecule has 0 radical (unpaired) electrons. The molecule has 0 amide bonds. The predicted molar refractivity (Wildman–Crippen MR) is 153 cm³/mol. The first kappa shape index (κ1) is 27.3. The second-order valence-corrected chi connectivity index (χ2v) is 12.6. The average Bonchev–Trinajstić information content (AvgIpc) is 3.35. The molecule has 6 rings (SSSR count). The van der Waals surface area contributed by atoms with Crippen LogP contribution in [0.2, 0.25) is 0 Å². The van der Waals surface area contributed by atoms with E-state index in [1.54, 1.807) is 14.0 Å². The minimum Gasteiger partial charge on any atom is -0.492 e. The summed E-state index contributed by atoms with van der Waals surface area (Å²) in [5, 5.41) is 12.0. The van der Waals surface area contributed by atoms with Crippen LogP contribution in [0, 0.1) is 29.6 Å². The largest absolute Gasteiger partial charge is 0.492 e. The van der Waals surface area contributed by atoms with Crippen molar-refractivity contribution in [1.82, 2.24) is 4.90 Å². The maximum atomic E-state index is 12.4. The molecule has 4 heterocycles. The predicted octanol–water partition coefficient (Wildman–Crippen LogP) is 5.90. The number of hydrogen-bond acceptors (Lipinski definition) is 6. The SMILES string of the molecule is COC1=C(C)C(=O)OC1=C1OC2=CCCN3C(C(O)C4C=CCC(C)C4)CC(Cc4ccccc4)CC3C2C1C. The number of esters is 1. The van der Waals surface area contributed by atoms with Crippen LogP contribution in [0.25, 0.3) is 0 Å². The van der Waals surface area contributed by atoms with Gasteiger partial charge in [-0.3, -0.25) is 4.90 Å². The van der Waals surface area contributed by atoms with E-state index in [1.165, 1.54) is 5.56 Å². The lowest BCUT2D eigenvalue weighted by molar-refractivity contribution is -0.133. The molecule has 1 aliphatic carbocycles. The number of piperidine rings is 1. The van der Waals surface area contributed by atoms with Crippen molar-refractivity contribution in [2.24, 2.45) is 29.6 Å². The summed E-state index contributed by atoms with van der Waals surface area (Å²) in [6, 6.07) is 11.1. The summed E-state index contributed by atoms with van der Waals surface area (Å²) in [5.41, 5.74) is 1.83. The standard InChI is InChI=1S/C34H43NO5/c1-20-10-8-13-25(16-20)30(36)27-19-24(17-23-11-6-5-7-12-23)18-26-29-21(2)32(39-28(29)14-9-15-35(26)27)33-31(38-4)22(3)34(37)40-33/h5-8,11-14,20-21,24-27,29-30,36H,9-10,15-19H2,1-4H3. The molecule has 6 nitrogen and oxygen atoms in total. The Morgan fingerprint density at radius 2 is 1.93 bits per heavy atom. The Kier molecular flexibility index (Phi) is 7.66. The Morgan fingerprint density at radius 3 is 2.67 bits per heavy atom. The summed E-state index contributed by atoms with van der Waals surface area (Å²) >= 11 is 0. The molecular formula is C34H43NO5. The normalized spacial score (nSPS) is 36.8. The monoisotopic (exact) mass is 545 g/mol. The van der Waals surface area contributed by atoms with Crippen molar-refractivity contribution in [1.29, 1.82) is 0 Å². The van der Waals surface area contributed by atoms with E-state index in [4.69, 9.17) is 14.2 Å². The molecule has 5 aliphatic rings. The number of carbonyl (C=O) groups excluding carboxylic acids is 1. The fraction of sp³-hybridized carbons (Fsp3) is 0.559. The van der Waals surface area contributed by atoms with E-state index >= 15 is 0 Å². The van der Waals surface area contributed by atoms with Crippen molar-refractivity contribution in [2.75, 3.05) is 13.7 Å². The lowest BCUT2D eigenvalue weighted by Crippen LogP contribution is -2.58. The molecule has 1 aromatic rings. The zero-order valence-electron chi connectivity index (χ0n) is 24.2. The molecule has 40 heavy (non-hydrogen) atoms. The summed E-state index contributed by atoms with van der Waals surface area (Å²) in [6.07, 6.45) is 12.4. The number of carbonyl (C=O) groups is 1. The fourth-order valence-corrected chi connectivity index (χ4v) is 7.99. The van der Waals surface area contributed by atoms with Crippen molar-refractivity contribution in [3.8, 4) is 0 Å². The first-order valence-corrected chi connectivity index (χ1v) is 15.1. The van der Waals surface area contributed by atoms with Gasteiger partial charge in [-0.15, -0.1) is 0 Å². The van der Waals surface area contributed by atoms with Gasteiger partial charge in [0.05, 0.1) is 18.8 Å². The lowest BCUT2D eigenvalue weighted by Gasteiger charge is -2.50. The van der Waals surface area contributed by atoms with E-state index in [1.807, 2.05) is 0 Å². The van der Waals surface area contributed by atoms with Gasteiger partial charge in [-0.25, -0.2) is 4.79 Å². The molecule has 0 aromatic heterocycles. The highest BCUT2D eigenvalue weighted by Gasteiger charge is 2.51.